The summed E-state index contributed by atoms with van der Waals surface area (Å²) in [6, 6.07) is 8.01. The highest BCUT2D eigenvalue weighted by atomic mass is 32.2. The summed E-state index contributed by atoms with van der Waals surface area (Å²) in [7, 11) is 0. The molecule has 130 valence electrons. The predicted molar refractivity (Wildman–Crippen MR) is 97.7 cm³/mol. The summed E-state index contributed by atoms with van der Waals surface area (Å²) in [6.45, 7) is 8.23. The van der Waals surface area contributed by atoms with Crippen molar-refractivity contribution in [2.24, 2.45) is 0 Å². The Morgan fingerprint density at radius 2 is 2.04 bits per heavy atom. The summed E-state index contributed by atoms with van der Waals surface area (Å²) in [6.07, 6.45) is 2.39. The van der Waals surface area contributed by atoms with Gasteiger partial charge >= 0.3 is 0 Å². The fourth-order valence-corrected chi connectivity index (χ4v) is 5.07. The van der Waals surface area contributed by atoms with Crippen LogP contribution in [0.1, 0.15) is 51.7 Å². The maximum absolute atomic E-state index is 12.9. The molecular weight excluding hydrogens is 320 g/mol. The highest BCUT2D eigenvalue weighted by molar-refractivity contribution is 8.01. The summed E-state index contributed by atoms with van der Waals surface area (Å²) >= 11 is 1.73. The third-order valence-electron chi connectivity index (χ3n) is 5.27. The molecule has 1 N–H and O–H groups in total. The summed E-state index contributed by atoms with van der Waals surface area (Å²) in [5, 5.41) is 3.16. The predicted octanol–water partition coefficient (Wildman–Crippen LogP) is 3.05. The van der Waals surface area contributed by atoms with E-state index >= 15 is 0 Å². The van der Waals surface area contributed by atoms with Crippen molar-refractivity contribution in [3.05, 3.63) is 35.4 Å². The molecule has 5 heteroatoms. The van der Waals surface area contributed by atoms with Crippen LogP contribution in [-0.2, 0) is 21.5 Å². The van der Waals surface area contributed by atoms with Crippen LogP contribution in [0.4, 0.5) is 0 Å². The minimum Gasteiger partial charge on any atom is -0.345 e. The van der Waals surface area contributed by atoms with E-state index in [0.717, 1.165) is 18.4 Å². The molecule has 3 rings (SSSR count). The molecule has 0 saturated carbocycles. The SMILES string of the molecule is CCc1ccc(C(C)(C)NC(=O)[C@@H]2CS[C@@]3(C)CCC(=O)N23)cc1. The van der Waals surface area contributed by atoms with Gasteiger partial charge in [-0.1, -0.05) is 31.2 Å². The number of nitrogens with one attached hydrogen (secondary N) is 1. The van der Waals surface area contributed by atoms with Gasteiger partial charge in [0.25, 0.3) is 0 Å². The molecule has 0 aliphatic carbocycles. The minimum absolute atomic E-state index is 0.0500. The van der Waals surface area contributed by atoms with Crippen LogP contribution in [0.2, 0.25) is 0 Å². The van der Waals surface area contributed by atoms with Crippen molar-refractivity contribution in [1.82, 2.24) is 10.2 Å². The summed E-state index contributed by atoms with van der Waals surface area (Å²) in [5.41, 5.74) is 1.90. The number of nitrogens with zero attached hydrogens (tertiary/aromatic N) is 1. The largest absolute Gasteiger partial charge is 0.345 e. The van der Waals surface area contributed by atoms with Gasteiger partial charge in [-0.05, 0) is 44.7 Å². The minimum atomic E-state index is -0.463. The maximum Gasteiger partial charge on any atom is 0.244 e. The second-order valence-corrected chi connectivity index (χ2v) is 8.93. The van der Waals surface area contributed by atoms with Gasteiger partial charge in [-0.3, -0.25) is 9.59 Å². The van der Waals surface area contributed by atoms with Gasteiger partial charge in [-0.25, -0.2) is 0 Å². The summed E-state index contributed by atoms with van der Waals surface area (Å²) < 4.78 is 0. The van der Waals surface area contributed by atoms with Gasteiger partial charge in [-0.2, -0.15) is 0 Å². The molecule has 1 aromatic rings. The standard InChI is InChI=1S/C19H26N2O2S/c1-5-13-6-8-14(9-7-13)18(2,3)20-17(23)15-12-24-19(4)11-10-16(22)21(15)19/h6-9,15H,5,10-12H2,1-4H3,(H,20,23)/t15-,19-/m0/s1. The molecule has 2 amide bonds. The Morgan fingerprint density at radius 1 is 1.38 bits per heavy atom. The Bertz CT molecular complexity index is 656. The third-order valence-corrected chi connectivity index (χ3v) is 6.77. The molecule has 0 unspecified atom stereocenters. The van der Waals surface area contributed by atoms with E-state index < -0.39 is 5.54 Å². The number of hydrogen-bond donors (Lipinski definition) is 1. The topological polar surface area (TPSA) is 49.4 Å². The van der Waals surface area contributed by atoms with E-state index in [4.69, 9.17) is 0 Å². The van der Waals surface area contributed by atoms with Crippen molar-refractivity contribution in [1.29, 1.82) is 0 Å². The summed E-state index contributed by atoms with van der Waals surface area (Å²) in [5.74, 6) is 0.734. The first kappa shape index (κ1) is 17.3. The Labute approximate surface area is 148 Å². The van der Waals surface area contributed by atoms with Gasteiger partial charge in [0.2, 0.25) is 11.8 Å². The molecule has 0 radical (unpaired) electrons. The van der Waals surface area contributed by atoms with Gasteiger partial charge in [0, 0.05) is 12.2 Å². The van der Waals surface area contributed by atoms with Gasteiger partial charge in [0.05, 0.1) is 10.4 Å². The Balaban J connectivity index is 1.74. The van der Waals surface area contributed by atoms with E-state index in [0.29, 0.717) is 12.2 Å². The lowest BCUT2D eigenvalue weighted by atomic mass is 9.92. The lowest BCUT2D eigenvalue weighted by molar-refractivity contribution is -0.138. The average Bonchev–Trinajstić information content (AvgIpc) is 3.03. The molecule has 2 aliphatic rings. The first-order chi connectivity index (χ1) is 11.3. The number of amides is 2. The zero-order chi connectivity index (χ0) is 17.5. The van der Waals surface area contributed by atoms with E-state index in [1.165, 1.54) is 5.56 Å². The fourth-order valence-electron chi connectivity index (χ4n) is 3.64. The van der Waals surface area contributed by atoms with Crippen molar-refractivity contribution < 1.29 is 9.59 Å². The van der Waals surface area contributed by atoms with Crippen molar-refractivity contribution in [2.45, 2.75) is 63.4 Å². The van der Waals surface area contributed by atoms with Crippen molar-refractivity contribution in [3.63, 3.8) is 0 Å². The lowest BCUT2D eigenvalue weighted by Crippen LogP contribution is -2.53. The smallest absolute Gasteiger partial charge is 0.244 e. The molecule has 1 aromatic carbocycles. The second-order valence-electron chi connectivity index (χ2n) is 7.43. The Kier molecular flexibility index (Phi) is 4.41. The van der Waals surface area contributed by atoms with Crippen LogP contribution in [0.25, 0.3) is 0 Å². The molecular formula is C19H26N2O2S. The van der Waals surface area contributed by atoms with E-state index in [2.05, 4.69) is 43.4 Å². The van der Waals surface area contributed by atoms with Gasteiger partial charge in [0.15, 0.2) is 0 Å². The maximum atomic E-state index is 12.9. The van der Waals surface area contributed by atoms with E-state index in [-0.39, 0.29) is 22.7 Å². The van der Waals surface area contributed by atoms with Crippen LogP contribution in [0.15, 0.2) is 24.3 Å². The first-order valence-electron chi connectivity index (χ1n) is 8.64. The van der Waals surface area contributed by atoms with Crippen LogP contribution in [0.5, 0.6) is 0 Å². The summed E-state index contributed by atoms with van der Waals surface area (Å²) in [4.78, 5) is 26.7. The molecule has 2 aliphatic heterocycles. The monoisotopic (exact) mass is 346 g/mol. The zero-order valence-electron chi connectivity index (χ0n) is 14.9. The number of hydrogen-bond acceptors (Lipinski definition) is 3. The average molecular weight is 346 g/mol. The molecule has 0 aromatic heterocycles. The molecule has 2 heterocycles. The number of carbonyl (C=O) groups is 2. The Hall–Kier alpha value is -1.49. The number of thioether (sulfide) groups is 1. The van der Waals surface area contributed by atoms with Gasteiger partial charge in [-0.15, -0.1) is 11.8 Å². The van der Waals surface area contributed by atoms with Crippen molar-refractivity contribution in [2.75, 3.05) is 5.75 Å². The highest BCUT2D eigenvalue weighted by Gasteiger charge is 2.53. The fraction of sp³-hybridized carbons (Fsp3) is 0.579. The van der Waals surface area contributed by atoms with Crippen LogP contribution < -0.4 is 5.32 Å². The third kappa shape index (κ3) is 2.94. The number of rotatable bonds is 4. The molecule has 2 saturated heterocycles. The highest BCUT2D eigenvalue weighted by Crippen LogP contribution is 2.47. The van der Waals surface area contributed by atoms with Gasteiger partial charge in [0.1, 0.15) is 6.04 Å². The molecule has 2 fully saturated rings. The Morgan fingerprint density at radius 3 is 2.67 bits per heavy atom. The number of aryl methyl sites for hydroxylation is 1. The van der Waals surface area contributed by atoms with E-state index in [1.807, 2.05) is 18.7 Å². The lowest BCUT2D eigenvalue weighted by Gasteiger charge is -2.33. The zero-order valence-corrected chi connectivity index (χ0v) is 15.7. The van der Waals surface area contributed by atoms with Crippen molar-refractivity contribution in [3.8, 4) is 0 Å². The molecule has 0 spiro atoms. The normalized spacial score (nSPS) is 26.6. The molecule has 0 bridgehead atoms. The molecule has 4 nitrogen and oxygen atoms in total. The molecule has 24 heavy (non-hydrogen) atoms. The van der Waals surface area contributed by atoms with Crippen LogP contribution in [-0.4, -0.2) is 33.4 Å². The first-order valence-corrected chi connectivity index (χ1v) is 9.63. The van der Waals surface area contributed by atoms with Crippen LogP contribution in [0, 0.1) is 0 Å². The number of carbonyl (C=O) groups excluding carboxylic acids is 2. The van der Waals surface area contributed by atoms with Gasteiger partial charge < -0.3 is 10.2 Å². The van der Waals surface area contributed by atoms with Crippen LogP contribution in [0.3, 0.4) is 0 Å². The van der Waals surface area contributed by atoms with Crippen LogP contribution >= 0.6 is 11.8 Å². The number of benzene rings is 1. The van der Waals surface area contributed by atoms with Crippen molar-refractivity contribution >= 4 is 23.6 Å². The van der Waals surface area contributed by atoms with E-state index in [9.17, 15) is 9.59 Å². The molecule has 2 atom stereocenters. The number of fused-ring (bicyclic) bond motifs is 1. The van der Waals surface area contributed by atoms with E-state index in [1.54, 1.807) is 11.8 Å². The quantitative estimate of drug-likeness (QED) is 0.911. The second kappa shape index (κ2) is 6.10.